The van der Waals surface area contributed by atoms with Gasteiger partial charge in [0.15, 0.2) is 0 Å². The molecule has 5 nitrogen and oxygen atoms in total. The van der Waals surface area contributed by atoms with Crippen LogP contribution in [0.25, 0.3) is 0 Å². The summed E-state index contributed by atoms with van der Waals surface area (Å²) >= 11 is 0. The van der Waals surface area contributed by atoms with E-state index in [4.69, 9.17) is 4.74 Å². The Balaban J connectivity index is 2.00. The van der Waals surface area contributed by atoms with Crippen LogP contribution in [0.1, 0.15) is 0 Å². The van der Waals surface area contributed by atoms with E-state index < -0.39 is 0 Å². The summed E-state index contributed by atoms with van der Waals surface area (Å²) in [7, 11) is 0. The SMILES string of the molecule is C1COC2=NN=C3CNCC32CN1. The van der Waals surface area contributed by atoms with Crippen molar-refractivity contribution in [1.29, 1.82) is 0 Å². The van der Waals surface area contributed by atoms with Gasteiger partial charge in [-0.3, -0.25) is 0 Å². The maximum Gasteiger partial charge on any atom is 0.223 e. The number of nitrogens with one attached hydrogen (secondary N) is 2. The molecule has 5 heteroatoms. The van der Waals surface area contributed by atoms with Gasteiger partial charge in [-0.25, -0.2) is 0 Å². The molecule has 0 amide bonds. The Kier molecular flexibility index (Phi) is 1.45. The van der Waals surface area contributed by atoms with Crippen molar-refractivity contribution in [3.05, 3.63) is 0 Å². The first kappa shape index (κ1) is 7.46. The van der Waals surface area contributed by atoms with Crippen molar-refractivity contribution in [2.75, 3.05) is 32.8 Å². The highest BCUT2D eigenvalue weighted by Gasteiger charge is 2.49. The van der Waals surface area contributed by atoms with Gasteiger partial charge < -0.3 is 15.4 Å². The van der Waals surface area contributed by atoms with E-state index in [9.17, 15) is 0 Å². The lowest BCUT2D eigenvalue weighted by Gasteiger charge is -2.22. The fraction of sp³-hybridized carbons (Fsp3) is 0.750. The molecule has 3 rings (SSSR count). The average Bonchev–Trinajstić information content (AvgIpc) is 2.59. The highest BCUT2D eigenvalue weighted by molar-refractivity contribution is 6.14. The molecule has 3 aliphatic rings. The minimum Gasteiger partial charge on any atom is -0.478 e. The summed E-state index contributed by atoms with van der Waals surface area (Å²) in [5.41, 5.74) is 1.06. The third kappa shape index (κ3) is 0.883. The summed E-state index contributed by atoms with van der Waals surface area (Å²) in [4.78, 5) is 0. The van der Waals surface area contributed by atoms with E-state index in [1.54, 1.807) is 0 Å². The summed E-state index contributed by atoms with van der Waals surface area (Å²) in [6.07, 6.45) is 0. The Labute approximate surface area is 76.3 Å². The molecule has 0 aromatic heterocycles. The Morgan fingerprint density at radius 1 is 1.23 bits per heavy atom. The monoisotopic (exact) mass is 180 g/mol. The molecule has 1 atom stereocenters. The van der Waals surface area contributed by atoms with E-state index in [1.165, 1.54) is 0 Å². The molecule has 0 aliphatic carbocycles. The molecule has 0 aromatic carbocycles. The van der Waals surface area contributed by atoms with Crippen LogP contribution in [0.2, 0.25) is 0 Å². The van der Waals surface area contributed by atoms with Crippen molar-refractivity contribution in [3.8, 4) is 0 Å². The molecule has 2 saturated heterocycles. The van der Waals surface area contributed by atoms with Crippen LogP contribution in [0.15, 0.2) is 10.2 Å². The van der Waals surface area contributed by atoms with E-state index >= 15 is 0 Å². The van der Waals surface area contributed by atoms with E-state index in [-0.39, 0.29) is 5.41 Å². The molecular weight excluding hydrogens is 168 g/mol. The minimum atomic E-state index is -0.0590. The lowest BCUT2D eigenvalue weighted by molar-refractivity contribution is 0.298. The zero-order chi connectivity index (χ0) is 8.73. The van der Waals surface area contributed by atoms with Gasteiger partial charge in [-0.05, 0) is 0 Å². The standard InChI is InChI=1S/C8H12N4O/c1-2-13-7-8(4-9-1)5-10-3-6(8)11-12-7/h9-10H,1-5H2. The van der Waals surface area contributed by atoms with Gasteiger partial charge in [0.25, 0.3) is 0 Å². The van der Waals surface area contributed by atoms with Crippen molar-refractivity contribution in [2.24, 2.45) is 15.6 Å². The topological polar surface area (TPSA) is 58.0 Å². The van der Waals surface area contributed by atoms with E-state index in [2.05, 4.69) is 20.8 Å². The van der Waals surface area contributed by atoms with Crippen molar-refractivity contribution in [1.82, 2.24) is 10.6 Å². The van der Waals surface area contributed by atoms with Crippen LogP contribution < -0.4 is 10.6 Å². The fourth-order valence-corrected chi connectivity index (χ4v) is 2.13. The summed E-state index contributed by atoms with van der Waals surface area (Å²) in [5.74, 6) is 0.803. The number of rotatable bonds is 0. The summed E-state index contributed by atoms with van der Waals surface area (Å²) in [6.45, 7) is 4.24. The molecule has 0 bridgehead atoms. The molecule has 70 valence electrons. The Bertz CT molecular complexity index is 299. The van der Waals surface area contributed by atoms with Crippen LogP contribution in [0.3, 0.4) is 0 Å². The van der Waals surface area contributed by atoms with E-state index in [0.29, 0.717) is 6.61 Å². The lowest BCUT2D eigenvalue weighted by Crippen LogP contribution is -2.44. The van der Waals surface area contributed by atoms with Gasteiger partial charge >= 0.3 is 0 Å². The average molecular weight is 180 g/mol. The Morgan fingerprint density at radius 3 is 3.15 bits per heavy atom. The minimum absolute atomic E-state index is 0.0590. The molecule has 0 saturated carbocycles. The van der Waals surface area contributed by atoms with Gasteiger partial charge in [0.1, 0.15) is 12.0 Å². The summed E-state index contributed by atoms with van der Waals surface area (Å²) < 4.78 is 5.56. The van der Waals surface area contributed by atoms with E-state index in [0.717, 1.165) is 37.8 Å². The van der Waals surface area contributed by atoms with Crippen LogP contribution >= 0.6 is 0 Å². The van der Waals surface area contributed by atoms with Crippen LogP contribution in [0.5, 0.6) is 0 Å². The number of nitrogens with zero attached hydrogens (tertiary/aromatic N) is 2. The maximum atomic E-state index is 5.56. The van der Waals surface area contributed by atoms with Crippen molar-refractivity contribution in [3.63, 3.8) is 0 Å². The van der Waals surface area contributed by atoms with Gasteiger partial charge in [-0.2, -0.15) is 5.10 Å². The predicted molar refractivity (Wildman–Crippen MR) is 49.0 cm³/mol. The number of hydrogen-bond donors (Lipinski definition) is 2. The molecule has 2 N–H and O–H groups in total. The van der Waals surface area contributed by atoms with Gasteiger partial charge in [0.2, 0.25) is 5.90 Å². The zero-order valence-corrected chi connectivity index (χ0v) is 7.34. The number of hydrogen-bond acceptors (Lipinski definition) is 5. The fourth-order valence-electron chi connectivity index (χ4n) is 2.13. The second kappa shape index (κ2) is 2.52. The molecule has 2 fully saturated rings. The highest BCUT2D eigenvalue weighted by atomic mass is 16.5. The van der Waals surface area contributed by atoms with Crippen LogP contribution in [-0.2, 0) is 4.74 Å². The van der Waals surface area contributed by atoms with E-state index in [1.807, 2.05) is 0 Å². The first-order chi connectivity index (χ1) is 6.42. The van der Waals surface area contributed by atoms with Crippen LogP contribution in [0, 0.1) is 5.41 Å². The Hall–Kier alpha value is -0.940. The third-order valence-electron chi connectivity index (χ3n) is 2.89. The number of ether oxygens (including phenoxy) is 1. The molecule has 1 unspecified atom stereocenters. The largest absolute Gasteiger partial charge is 0.478 e. The van der Waals surface area contributed by atoms with Crippen molar-refractivity contribution < 1.29 is 4.74 Å². The molecule has 3 heterocycles. The summed E-state index contributed by atoms with van der Waals surface area (Å²) in [6, 6.07) is 0. The lowest BCUT2D eigenvalue weighted by atomic mass is 9.86. The molecular formula is C8H12N4O. The molecule has 0 radical (unpaired) electrons. The van der Waals surface area contributed by atoms with Gasteiger partial charge in [-0.1, -0.05) is 0 Å². The molecule has 3 aliphatic heterocycles. The zero-order valence-electron chi connectivity index (χ0n) is 7.34. The van der Waals surface area contributed by atoms with Gasteiger partial charge in [0.05, 0.1) is 5.71 Å². The Morgan fingerprint density at radius 2 is 2.15 bits per heavy atom. The quantitative estimate of drug-likeness (QED) is 0.501. The predicted octanol–water partition coefficient (Wildman–Crippen LogP) is -1.04. The maximum absolute atomic E-state index is 5.56. The normalized spacial score (nSPS) is 36.9. The molecule has 13 heavy (non-hydrogen) atoms. The first-order valence-electron chi connectivity index (χ1n) is 4.61. The van der Waals surface area contributed by atoms with Gasteiger partial charge in [-0.15, -0.1) is 5.10 Å². The van der Waals surface area contributed by atoms with Gasteiger partial charge in [0, 0.05) is 26.2 Å². The highest BCUT2D eigenvalue weighted by Crippen LogP contribution is 2.30. The molecule has 1 spiro atoms. The molecule has 0 aromatic rings. The summed E-state index contributed by atoms with van der Waals surface area (Å²) in [5, 5.41) is 14.9. The second-order valence-corrected chi connectivity index (χ2v) is 3.66. The first-order valence-corrected chi connectivity index (χ1v) is 4.61. The van der Waals surface area contributed by atoms with Crippen LogP contribution in [-0.4, -0.2) is 44.4 Å². The van der Waals surface area contributed by atoms with Crippen molar-refractivity contribution in [2.45, 2.75) is 0 Å². The van der Waals surface area contributed by atoms with Crippen molar-refractivity contribution >= 4 is 11.6 Å². The smallest absolute Gasteiger partial charge is 0.223 e. The second-order valence-electron chi connectivity index (χ2n) is 3.66. The van der Waals surface area contributed by atoms with Crippen LogP contribution in [0.4, 0.5) is 0 Å². The third-order valence-corrected chi connectivity index (χ3v) is 2.89.